The van der Waals surface area contributed by atoms with Crippen LogP contribution in [0.5, 0.6) is 0 Å². The Kier molecular flexibility index (Phi) is 5.27. The van der Waals surface area contributed by atoms with Crippen molar-refractivity contribution in [3.05, 3.63) is 0 Å². The molecule has 2 atom stereocenters. The molecule has 2 unspecified atom stereocenters. The summed E-state index contributed by atoms with van der Waals surface area (Å²) in [7, 11) is 0. The zero-order valence-electron chi connectivity index (χ0n) is 13.2. The highest BCUT2D eigenvalue weighted by molar-refractivity contribution is 4.96. The third-order valence-corrected chi connectivity index (χ3v) is 4.98. The molecule has 2 aliphatic heterocycles. The van der Waals surface area contributed by atoms with Crippen LogP contribution in [-0.4, -0.2) is 54.6 Å². The Labute approximate surface area is 119 Å². The predicted octanol–water partition coefficient (Wildman–Crippen LogP) is 2.31. The quantitative estimate of drug-likeness (QED) is 0.801. The molecule has 0 saturated carbocycles. The van der Waals surface area contributed by atoms with Crippen molar-refractivity contribution < 1.29 is 0 Å². The van der Waals surface area contributed by atoms with E-state index in [4.69, 9.17) is 5.73 Å². The van der Waals surface area contributed by atoms with Gasteiger partial charge in [-0.05, 0) is 50.7 Å². The highest BCUT2D eigenvalue weighted by atomic mass is 15.3. The van der Waals surface area contributed by atoms with E-state index in [1.165, 1.54) is 51.7 Å². The van der Waals surface area contributed by atoms with Crippen molar-refractivity contribution in [1.29, 1.82) is 0 Å². The van der Waals surface area contributed by atoms with E-state index in [1.807, 2.05) is 0 Å². The second-order valence-electron chi connectivity index (χ2n) is 7.29. The fraction of sp³-hybridized carbons (Fsp3) is 1.00. The number of hydrogen-bond donors (Lipinski definition) is 1. The number of nitrogens with two attached hydrogens (primary N) is 1. The second kappa shape index (κ2) is 6.55. The molecule has 2 aliphatic rings. The summed E-state index contributed by atoms with van der Waals surface area (Å²) in [5.41, 5.74) is 6.19. The number of piperidine rings is 1. The number of fused-ring (bicyclic) bond motifs is 1. The fourth-order valence-corrected chi connectivity index (χ4v) is 3.91. The smallest absolute Gasteiger partial charge is 0.0263 e. The van der Waals surface area contributed by atoms with Gasteiger partial charge in [-0.3, -0.25) is 9.80 Å². The van der Waals surface area contributed by atoms with Crippen LogP contribution in [0.25, 0.3) is 0 Å². The predicted molar refractivity (Wildman–Crippen MR) is 82.3 cm³/mol. The summed E-state index contributed by atoms with van der Waals surface area (Å²) >= 11 is 0. The molecule has 2 N–H and O–H groups in total. The molecule has 0 spiro atoms. The van der Waals surface area contributed by atoms with Gasteiger partial charge >= 0.3 is 0 Å². The normalized spacial score (nSPS) is 28.9. The van der Waals surface area contributed by atoms with E-state index in [0.29, 0.717) is 0 Å². The standard InChI is InChI=1S/C16H33N3/c1-4-9-19(13-16(2,3)12-17)15-8-11-18-10-6-5-7-14(15)18/h14-15H,4-13,17H2,1-3H3. The Hall–Kier alpha value is -0.120. The van der Waals surface area contributed by atoms with Crippen LogP contribution in [0.1, 0.15) is 52.9 Å². The highest BCUT2D eigenvalue weighted by Gasteiger charge is 2.39. The molecule has 0 aliphatic carbocycles. The molecule has 3 heteroatoms. The first-order valence-corrected chi connectivity index (χ1v) is 8.25. The van der Waals surface area contributed by atoms with E-state index in [2.05, 4.69) is 30.6 Å². The summed E-state index contributed by atoms with van der Waals surface area (Å²) in [5.74, 6) is 0. The van der Waals surface area contributed by atoms with Crippen molar-refractivity contribution in [3.63, 3.8) is 0 Å². The molecule has 2 saturated heterocycles. The van der Waals surface area contributed by atoms with Crippen molar-refractivity contribution in [2.24, 2.45) is 11.1 Å². The molecule has 3 nitrogen and oxygen atoms in total. The Morgan fingerprint density at radius 2 is 2.00 bits per heavy atom. The minimum atomic E-state index is 0.247. The van der Waals surface area contributed by atoms with Crippen molar-refractivity contribution in [3.8, 4) is 0 Å². The van der Waals surface area contributed by atoms with E-state index in [0.717, 1.165) is 25.2 Å². The number of nitrogens with zero attached hydrogens (tertiary/aromatic N) is 2. The van der Waals surface area contributed by atoms with Crippen molar-refractivity contribution in [2.75, 3.05) is 32.7 Å². The van der Waals surface area contributed by atoms with Crippen LogP contribution in [0.4, 0.5) is 0 Å². The zero-order valence-corrected chi connectivity index (χ0v) is 13.2. The van der Waals surface area contributed by atoms with Gasteiger partial charge in [-0.1, -0.05) is 27.2 Å². The Bertz CT molecular complexity index is 277. The molecule has 0 bridgehead atoms. The van der Waals surface area contributed by atoms with Crippen LogP contribution in [0.3, 0.4) is 0 Å². The lowest BCUT2D eigenvalue weighted by molar-refractivity contribution is 0.0847. The minimum Gasteiger partial charge on any atom is -0.330 e. The lowest BCUT2D eigenvalue weighted by atomic mass is 9.90. The molecule has 2 rings (SSSR count). The van der Waals surface area contributed by atoms with Gasteiger partial charge in [-0.15, -0.1) is 0 Å². The number of rotatable bonds is 6. The van der Waals surface area contributed by atoms with Crippen molar-refractivity contribution >= 4 is 0 Å². The first-order valence-electron chi connectivity index (χ1n) is 8.25. The molecular formula is C16H33N3. The summed E-state index contributed by atoms with van der Waals surface area (Å²) in [6.07, 6.45) is 6.87. The Morgan fingerprint density at radius 3 is 2.68 bits per heavy atom. The van der Waals surface area contributed by atoms with Gasteiger partial charge in [-0.25, -0.2) is 0 Å². The molecule has 0 radical (unpaired) electrons. The SMILES string of the molecule is CCCN(CC(C)(C)CN)C1CCN2CCCCC12. The summed E-state index contributed by atoms with van der Waals surface area (Å²) in [5, 5.41) is 0. The third-order valence-electron chi connectivity index (χ3n) is 4.98. The maximum Gasteiger partial charge on any atom is 0.0263 e. The second-order valence-corrected chi connectivity index (χ2v) is 7.29. The molecule has 2 fully saturated rings. The molecule has 112 valence electrons. The van der Waals surface area contributed by atoms with Gasteiger partial charge < -0.3 is 5.73 Å². The van der Waals surface area contributed by atoms with Gasteiger partial charge in [-0.2, -0.15) is 0 Å². The fourth-order valence-electron chi connectivity index (χ4n) is 3.91. The van der Waals surface area contributed by atoms with Gasteiger partial charge in [0.05, 0.1) is 0 Å². The molecule has 0 aromatic carbocycles. The van der Waals surface area contributed by atoms with Gasteiger partial charge in [0.1, 0.15) is 0 Å². The van der Waals surface area contributed by atoms with Crippen molar-refractivity contribution in [2.45, 2.75) is 65.0 Å². The molecule has 0 aromatic heterocycles. The molecule has 0 amide bonds. The number of hydrogen-bond acceptors (Lipinski definition) is 3. The van der Waals surface area contributed by atoms with Gasteiger partial charge in [0.2, 0.25) is 0 Å². The van der Waals surface area contributed by atoms with E-state index in [9.17, 15) is 0 Å². The van der Waals surface area contributed by atoms with Gasteiger partial charge in [0.25, 0.3) is 0 Å². The lowest BCUT2D eigenvalue weighted by Gasteiger charge is -2.41. The summed E-state index contributed by atoms with van der Waals surface area (Å²) in [6.45, 7) is 12.8. The van der Waals surface area contributed by atoms with Crippen LogP contribution in [0.15, 0.2) is 0 Å². The molecule has 19 heavy (non-hydrogen) atoms. The summed E-state index contributed by atoms with van der Waals surface area (Å²) in [4.78, 5) is 5.50. The zero-order chi connectivity index (χ0) is 13.9. The Balaban J connectivity index is 2.02. The molecular weight excluding hydrogens is 234 g/mol. The summed E-state index contributed by atoms with van der Waals surface area (Å²) in [6, 6.07) is 1.61. The monoisotopic (exact) mass is 267 g/mol. The van der Waals surface area contributed by atoms with Crippen LogP contribution >= 0.6 is 0 Å². The van der Waals surface area contributed by atoms with Gasteiger partial charge in [0, 0.05) is 25.2 Å². The molecule has 0 aromatic rings. The van der Waals surface area contributed by atoms with Crippen LogP contribution < -0.4 is 5.73 Å². The summed E-state index contributed by atoms with van der Waals surface area (Å²) < 4.78 is 0. The largest absolute Gasteiger partial charge is 0.330 e. The van der Waals surface area contributed by atoms with E-state index >= 15 is 0 Å². The van der Waals surface area contributed by atoms with E-state index < -0.39 is 0 Å². The van der Waals surface area contributed by atoms with Crippen molar-refractivity contribution in [1.82, 2.24) is 9.80 Å². The maximum atomic E-state index is 5.94. The highest BCUT2D eigenvalue weighted by Crippen LogP contribution is 2.32. The first kappa shape index (κ1) is 15.3. The Morgan fingerprint density at radius 1 is 1.21 bits per heavy atom. The lowest BCUT2D eigenvalue weighted by Crippen LogP contribution is -2.50. The average molecular weight is 267 g/mol. The minimum absolute atomic E-state index is 0.247. The van der Waals surface area contributed by atoms with E-state index in [1.54, 1.807) is 0 Å². The average Bonchev–Trinajstić information content (AvgIpc) is 2.82. The first-order chi connectivity index (χ1) is 9.07. The van der Waals surface area contributed by atoms with Crippen LogP contribution in [0, 0.1) is 5.41 Å². The van der Waals surface area contributed by atoms with E-state index in [-0.39, 0.29) is 5.41 Å². The maximum absolute atomic E-state index is 5.94. The van der Waals surface area contributed by atoms with Gasteiger partial charge in [0.15, 0.2) is 0 Å². The third kappa shape index (κ3) is 3.71. The van der Waals surface area contributed by atoms with Crippen LogP contribution in [-0.2, 0) is 0 Å². The molecule has 2 heterocycles. The topological polar surface area (TPSA) is 32.5 Å². The van der Waals surface area contributed by atoms with Crippen LogP contribution in [0.2, 0.25) is 0 Å².